The zero-order valence-corrected chi connectivity index (χ0v) is 17.8. The van der Waals surface area contributed by atoms with Crippen molar-refractivity contribution in [1.29, 1.82) is 0 Å². The van der Waals surface area contributed by atoms with Crippen molar-refractivity contribution in [3.05, 3.63) is 23.3 Å². The zero-order valence-electron chi connectivity index (χ0n) is 16.2. The zero-order chi connectivity index (χ0) is 19.8. The first kappa shape index (κ1) is 22.4. The molecule has 0 radical (unpaired) electrons. The minimum absolute atomic E-state index is 0. The van der Waals surface area contributed by atoms with Crippen molar-refractivity contribution in [3.63, 3.8) is 0 Å². The Balaban J connectivity index is 0.00000280. The number of ether oxygens (including phenoxy) is 2. The predicted octanol–water partition coefficient (Wildman–Crippen LogP) is 2.82. The molecule has 1 saturated carbocycles. The van der Waals surface area contributed by atoms with E-state index in [0.717, 1.165) is 5.56 Å². The summed E-state index contributed by atoms with van der Waals surface area (Å²) in [6, 6.07) is 1.65. The minimum atomic E-state index is -1.01. The Bertz CT molecular complexity index is 865. The molecule has 8 nitrogen and oxygen atoms in total. The van der Waals surface area contributed by atoms with E-state index in [1.54, 1.807) is 17.6 Å². The summed E-state index contributed by atoms with van der Waals surface area (Å²) >= 11 is 1.30. The smallest absolute Gasteiger partial charge is 0.354 e. The molecule has 0 bridgehead atoms. The first-order valence-electron chi connectivity index (χ1n) is 8.67. The molecule has 0 spiro atoms. The third-order valence-corrected chi connectivity index (χ3v) is 6.10. The maximum atomic E-state index is 12.8. The van der Waals surface area contributed by atoms with Gasteiger partial charge in [0.25, 0.3) is 0 Å². The molecule has 0 saturated heterocycles. The van der Waals surface area contributed by atoms with Gasteiger partial charge in [-0.1, -0.05) is 13.8 Å². The fourth-order valence-corrected chi connectivity index (χ4v) is 3.98. The summed E-state index contributed by atoms with van der Waals surface area (Å²) in [6.45, 7) is 6.40. The van der Waals surface area contributed by atoms with Crippen LogP contribution in [0.3, 0.4) is 0 Å². The molecule has 2 aromatic rings. The molecule has 2 unspecified atom stereocenters. The molecule has 2 aromatic heterocycles. The average Bonchev–Trinajstić information content (AvgIpc) is 3.29. The lowest BCUT2D eigenvalue weighted by atomic mass is 9.54. The van der Waals surface area contributed by atoms with Crippen molar-refractivity contribution in [2.45, 2.75) is 38.8 Å². The Morgan fingerprint density at radius 3 is 2.79 bits per heavy atom. The number of esters is 1. The monoisotopic (exact) mass is 428 g/mol. The average molecular weight is 429 g/mol. The summed E-state index contributed by atoms with van der Waals surface area (Å²) < 4.78 is 10.3. The van der Waals surface area contributed by atoms with Gasteiger partial charge in [-0.25, -0.2) is 9.78 Å². The van der Waals surface area contributed by atoms with Crippen LogP contribution < -0.4 is 11.1 Å². The number of H-pyrrole nitrogens is 1. The Morgan fingerprint density at radius 2 is 2.18 bits per heavy atom. The molecule has 4 N–H and O–H groups in total. The molecule has 2 atom stereocenters. The summed E-state index contributed by atoms with van der Waals surface area (Å²) in [5.74, 6) is -0.722. The maximum Gasteiger partial charge on any atom is 0.354 e. The van der Waals surface area contributed by atoms with Crippen LogP contribution in [-0.4, -0.2) is 47.2 Å². The molecule has 1 amide bonds. The molecule has 28 heavy (non-hydrogen) atoms. The number of anilines is 1. The number of hydrogen-bond acceptors (Lipinski definition) is 7. The second-order valence-electron chi connectivity index (χ2n) is 7.13. The highest BCUT2D eigenvalue weighted by Crippen LogP contribution is 2.50. The highest BCUT2D eigenvalue weighted by molar-refractivity contribution is 7.14. The molecule has 0 aliphatic heterocycles. The predicted molar refractivity (Wildman–Crippen MR) is 110 cm³/mol. The summed E-state index contributed by atoms with van der Waals surface area (Å²) in [4.78, 5) is 31.6. The van der Waals surface area contributed by atoms with Crippen LogP contribution in [0.25, 0.3) is 11.3 Å². The van der Waals surface area contributed by atoms with E-state index in [1.165, 1.54) is 18.4 Å². The van der Waals surface area contributed by atoms with Crippen LogP contribution in [0.4, 0.5) is 5.13 Å². The van der Waals surface area contributed by atoms with Crippen LogP contribution in [0, 0.1) is 5.41 Å². The van der Waals surface area contributed by atoms with Gasteiger partial charge in [-0.05, 0) is 13.0 Å². The summed E-state index contributed by atoms with van der Waals surface area (Å²) in [6.07, 6.45) is 2.10. The summed E-state index contributed by atoms with van der Waals surface area (Å²) in [5, 5.41) is 5.08. The van der Waals surface area contributed by atoms with E-state index in [1.807, 2.05) is 20.8 Å². The van der Waals surface area contributed by atoms with Gasteiger partial charge in [0.2, 0.25) is 5.91 Å². The highest BCUT2D eigenvalue weighted by Gasteiger charge is 2.63. The van der Waals surface area contributed by atoms with Gasteiger partial charge in [0.15, 0.2) is 5.13 Å². The number of carbonyl (C=O) groups excluding carboxylic acids is 2. The molecule has 10 heteroatoms. The van der Waals surface area contributed by atoms with Crippen molar-refractivity contribution in [1.82, 2.24) is 9.97 Å². The number of rotatable bonds is 6. The number of methoxy groups -OCH3 is 1. The number of nitrogens with one attached hydrogen (secondary N) is 2. The van der Waals surface area contributed by atoms with Crippen LogP contribution in [-0.2, 0) is 14.3 Å². The molecule has 0 aromatic carbocycles. The number of hydrogen-bond donors (Lipinski definition) is 3. The van der Waals surface area contributed by atoms with Gasteiger partial charge < -0.3 is 25.5 Å². The third kappa shape index (κ3) is 3.67. The first-order valence-corrected chi connectivity index (χ1v) is 9.55. The van der Waals surface area contributed by atoms with Crippen LogP contribution in [0.1, 0.15) is 37.7 Å². The number of aromatic nitrogens is 2. The third-order valence-electron chi connectivity index (χ3n) is 5.34. The lowest BCUT2D eigenvalue weighted by Crippen LogP contribution is -2.74. The number of aromatic amines is 1. The van der Waals surface area contributed by atoms with Gasteiger partial charge in [-0.2, -0.15) is 0 Å². The lowest BCUT2D eigenvalue weighted by molar-refractivity contribution is -0.166. The molecule has 154 valence electrons. The Hall–Kier alpha value is -1.94. The van der Waals surface area contributed by atoms with E-state index in [2.05, 4.69) is 20.0 Å². The van der Waals surface area contributed by atoms with E-state index in [-0.39, 0.29) is 24.4 Å². The van der Waals surface area contributed by atoms with E-state index >= 15 is 0 Å². The Kier molecular flexibility index (Phi) is 6.55. The van der Waals surface area contributed by atoms with E-state index < -0.39 is 16.9 Å². The van der Waals surface area contributed by atoms with Gasteiger partial charge in [0, 0.05) is 35.6 Å². The van der Waals surface area contributed by atoms with Gasteiger partial charge in [-0.15, -0.1) is 23.7 Å². The van der Waals surface area contributed by atoms with Crippen LogP contribution in [0.2, 0.25) is 0 Å². The Morgan fingerprint density at radius 1 is 1.46 bits per heavy atom. The summed E-state index contributed by atoms with van der Waals surface area (Å²) in [5.41, 5.74) is 6.63. The Labute approximate surface area is 173 Å². The van der Waals surface area contributed by atoms with Gasteiger partial charge in [-0.3, -0.25) is 4.79 Å². The van der Waals surface area contributed by atoms with Crippen LogP contribution in [0.5, 0.6) is 0 Å². The van der Waals surface area contributed by atoms with Crippen molar-refractivity contribution < 1.29 is 19.1 Å². The van der Waals surface area contributed by atoms with E-state index in [4.69, 9.17) is 10.5 Å². The molecular formula is C18H25ClN4O4S. The molecule has 3 rings (SSSR count). The normalized spacial score (nSPS) is 22.7. The molecule has 1 fully saturated rings. The fourth-order valence-electron chi connectivity index (χ4n) is 3.26. The second-order valence-corrected chi connectivity index (χ2v) is 7.98. The SMILES string of the molecule is CCOC1CC(N)(C(=O)Nc2nc(-c3c[nH]c(C(=O)OC)c3)cs2)C1(C)C.Cl. The number of nitrogens with two attached hydrogens (primary N) is 1. The highest BCUT2D eigenvalue weighted by atomic mass is 35.5. The molecular weight excluding hydrogens is 404 g/mol. The number of thiazole rings is 1. The number of nitrogens with zero attached hydrogens (tertiary/aromatic N) is 1. The van der Waals surface area contributed by atoms with Crippen molar-refractivity contribution in [2.24, 2.45) is 11.1 Å². The van der Waals surface area contributed by atoms with E-state index in [0.29, 0.717) is 29.5 Å². The summed E-state index contributed by atoms with van der Waals surface area (Å²) in [7, 11) is 1.32. The molecule has 1 aliphatic rings. The van der Waals surface area contributed by atoms with Gasteiger partial charge in [0.05, 0.1) is 18.9 Å². The van der Waals surface area contributed by atoms with E-state index in [9.17, 15) is 9.59 Å². The number of carbonyl (C=O) groups is 2. The quantitative estimate of drug-likeness (QED) is 0.608. The van der Waals surface area contributed by atoms with Crippen molar-refractivity contribution in [3.8, 4) is 11.3 Å². The number of halogens is 1. The molecule has 2 heterocycles. The topological polar surface area (TPSA) is 119 Å². The van der Waals surface area contributed by atoms with Crippen LogP contribution in [0.15, 0.2) is 17.6 Å². The van der Waals surface area contributed by atoms with Gasteiger partial charge >= 0.3 is 5.97 Å². The second kappa shape index (κ2) is 8.20. The lowest BCUT2D eigenvalue weighted by Gasteiger charge is -2.57. The van der Waals surface area contributed by atoms with Crippen molar-refractivity contribution in [2.75, 3.05) is 19.0 Å². The number of amides is 1. The minimum Gasteiger partial charge on any atom is -0.464 e. The fraction of sp³-hybridized carbons (Fsp3) is 0.500. The standard InChI is InChI=1S/C18H24N4O4S.ClH/c1-5-26-13-7-18(19,17(13,2)3)15(24)22-16-21-12(9-27-16)10-6-11(20-8-10)14(23)25-4;/h6,8-9,13,20H,5,7,19H2,1-4H3,(H,21,22,24);1H. The van der Waals surface area contributed by atoms with Crippen molar-refractivity contribution >= 4 is 40.8 Å². The largest absolute Gasteiger partial charge is 0.464 e. The first-order chi connectivity index (χ1) is 12.7. The molecule has 1 aliphatic carbocycles. The maximum absolute atomic E-state index is 12.8. The van der Waals surface area contributed by atoms with Crippen LogP contribution >= 0.6 is 23.7 Å². The van der Waals surface area contributed by atoms with Gasteiger partial charge in [0.1, 0.15) is 11.2 Å².